The maximum absolute atomic E-state index is 5.90. The number of aryl methyl sites for hydroxylation is 1. The quantitative estimate of drug-likeness (QED) is 0.879. The van der Waals surface area contributed by atoms with Crippen LogP contribution in [0.4, 0.5) is 17.3 Å². The average molecular weight is 328 g/mol. The predicted octanol–water partition coefficient (Wildman–Crippen LogP) is 3.84. The minimum absolute atomic E-state index is 0.482. The molecule has 94 valence electrons. The lowest BCUT2D eigenvalue weighted by Crippen LogP contribution is -2.05. The Morgan fingerprint density at radius 3 is 2.67 bits per heavy atom. The smallest absolute Gasteiger partial charge is 0.139 e. The lowest BCUT2D eigenvalue weighted by molar-refractivity contribution is 1.04. The number of nitrogens with two attached hydrogens (primary N) is 1. The van der Waals surface area contributed by atoms with Crippen LogP contribution in [0.1, 0.15) is 11.4 Å². The minimum atomic E-state index is 0.482. The van der Waals surface area contributed by atoms with E-state index >= 15 is 0 Å². The normalized spacial score (nSPS) is 10.4. The second kappa shape index (κ2) is 5.12. The molecule has 6 heteroatoms. The summed E-state index contributed by atoms with van der Waals surface area (Å²) in [6.45, 7) is 3.68. The zero-order chi connectivity index (χ0) is 13.3. The van der Waals surface area contributed by atoms with E-state index < -0.39 is 0 Å². The molecule has 2 rings (SSSR count). The Morgan fingerprint density at radius 2 is 2.00 bits per heavy atom. The number of benzene rings is 1. The first-order chi connectivity index (χ1) is 8.47. The molecule has 0 saturated heterocycles. The van der Waals surface area contributed by atoms with Crippen LogP contribution >= 0.6 is 27.5 Å². The summed E-state index contributed by atoms with van der Waals surface area (Å²) in [5.74, 6) is 1.81. The first-order valence-corrected chi connectivity index (χ1v) is 6.47. The monoisotopic (exact) mass is 326 g/mol. The number of nitrogens with one attached hydrogen (secondary N) is 1. The molecule has 1 aromatic carbocycles. The molecule has 0 atom stereocenters. The van der Waals surface area contributed by atoms with Crippen LogP contribution in [0.5, 0.6) is 0 Å². The number of anilines is 3. The Balaban J connectivity index is 2.40. The minimum Gasteiger partial charge on any atom is -0.383 e. The first-order valence-electron chi connectivity index (χ1n) is 5.30. The molecular weight excluding hydrogens is 316 g/mol. The van der Waals surface area contributed by atoms with E-state index in [0.717, 1.165) is 15.7 Å². The summed E-state index contributed by atoms with van der Waals surface area (Å²) in [6, 6.07) is 5.50. The summed E-state index contributed by atoms with van der Waals surface area (Å²) in [7, 11) is 0. The summed E-state index contributed by atoms with van der Waals surface area (Å²) in [5.41, 5.74) is 7.51. The van der Waals surface area contributed by atoms with E-state index in [4.69, 9.17) is 17.3 Å². The highest BCUT2D eigenvalue weighted by atomic mass is 79.9. The Labute approximate surface area is 119 Å². The molecule has 0 aliphatic carbocycles. The fourth-order valence-electron chi connectivity index (χ4n) is 1.49. The van der Waals surface area contributed by atoms with E-state index in [0.29, 0.717) is 22.5 Å². The van der Waals surface area contributed by atoms with E-state index in [1.54, 1.807) is 13.0 Å². The van der Waals surface area contributed by atoms with Gasteiger partial charge < -0.3 is 11.1 Å². The number of nitrogen functional groups attached to an aromatic ring is 1. The molecule has 0 aliphatic heterocycles. The predicted molar refractivity (Wildman–Crippen MR) is 78.4 cm³/mol. The van der Waals surface area contributed by atoms with Crippen molar-refractivity contribution >= 4 is 44.9 Å². The zero-order valence-electron chi connectivity index (χ0n) is 9.96. The van der Waals surface area contributed by atoms with Crippen molar-refractivity contribution in [1.29, 1.82) is 0 Å². The third kappa shape index (κ3) is 2.73. The molecule has 3 N–H and O–H groups in total. The van der Waals surface area contributed by atoms with E-state index in [-0.39, 0.29) is 0 Å². The van der Waals surface area contributed by atoms with E-state index in [2.05, 4.69) is 31.2 Å². The van der Waals surface area contributed by atoms with Gasteiger partial charge in [-0.1, -0.05) is 11.6 Å². The standard InChI is InChI=1S/C12H12BrClN4/c1-6-11(15)16-7(2)17-12(6)18-10-4-3-8(14)5-9(10)13/h3-5H,1-2H3,(H3,15,16,17,18). The largest absolute Gasteiger partial charge is 0.383 e. The van der Waals surface area contributed by atoms with Crippen LogP contribution in [0.3, 0.4) is 0 Å². The SMILES string of the molecule is Cc1nc(N)c(C)c(Nc2ccc(Cl)cc2Br)n1. The molecule has 0 saturated carbocycles. The Kier molecular flexibility index (Phi) is 3.73. The number of halogens is 2. The van der Waals surface area contributed by atoms with Gasteiger partial charge in [-0.25, -0.2) is 9.97 Å². The van der Waals surface area contributed by atoms with Crippen molar-refractivity contribution in [2.75, 3.05) is 11.1 Å². The summed E-state index contributed by atoms with van der Waals surface area (Å²) < 4.78 is 0.865. The van der Waals surface area contributed by atoms with Crippen molar-refractivity contribution in [3.8, 4) is 0 Å². The molecule has 4 nitrogen and oxygen atoms in total. The highest BCUT2D eigenvalue weighted by molar-refractivity contribution is 9.10. The lowest BCUT2D eigenvalue weighted by atomic mass is 10.2. The van der Waals surface area contributed by atoms with Crippen LogP contribution in [0.25, 0.3) is 0 Å². The van der Waals surface area contributed by atoms with Gasteiger partial charge in [0.15, 0.2) is 0 Å². The van der Waals surface area contributed by atoms with Crippen molar-refractivity contribution in [3.63, 3.8) is 0 Å². The summed E-state index contributed by atoms with van der Waals surface area (Å²) >= 11 is 9.34. The van der Waals surface area contributed by atoms with Crippen molar-refractivity contribution in [3.05, 3.63) is 39.1 Å². The van der Waals surface area contributed by atoms with Crippen molar-refractivity contribution in [2.45, 2.75) is 13.8 Å². The molecule has 0 amide bonds. The Bertz CT molecular complexity index is 601. The van der Waals surface area contributed by atoms with Crippen molar-refractivity contribution in [1.82, 2.24) is 9.97 Å². The fraction of sp³-hybridized carbons (Fsp3) is 0.167. The first kappa shape index (κ1) is 13.1. The van der Waals surface area contributed by atoms with Crippen LogP contribution in [0.15, 0.2) is 22.7 Å². The molecule has 0 bridgehead atoms. The number of hydrogen-bond acceptors (Lipinski definition) is 4. The summed E-state index contributed by atoms with van der Waals surface area (Å²) in [4.78, 5) is 8.44. The molecule has 1 heterocycles. The zero-order valence-corrected chi connectivity index (χ0v) is 12.3. The molecule has 2 aromatic rings. The molecule has 0 spiro atoms. The van der Waals surface area contributed by atoms with E-state index in [9.17, 15) is 0 Å². The molecule has 0 aliphatic rings. The maximum atomic E-state index is 5.90. The second-order valence-electron chi connectivity index (χ2n) is 3.88. The summed E-state index contributed by atoms with van der Waals surface area (Å²) in [6.07, 6.45) is 0. The van der Waals surface area contributed by atoms with Gasteiger partial charge in [0.2, 0.25) is 0 Å². The number of aromatic nitrogens is 2. The highest BCUT2D eigenvalue weighted by Gasteiger charge is 2.08. The van der Waals surface area contributed by atoms with Gasteiger partial charge in [0.1, 0.15) is 17.5 Å². The maximum Gasteiger partial charge on any atom is 0.139 e. The molecule has 0 radical (unpaired) electrons. The van der Waals surface area contributed by atoms with Gasteiger partial charge in [0, 0.05) is 15.1 Å². The van der Waals surface area contributed by atoms with Crippen LogP contribution in [0, 0.1) is 13.8 Å². The van der Waals surface area contributed by atoms with Gasteiger partial charge in [0.25, 0.3) is 0 Å². The lowest BCUT2D eigenvalue weighted by Gasteiger charge is -2.12. The second-order valence-corrected chi connectivity index (χ2v) is 5.17. The fourth-order valence-corrected chi connectivity index (χ4v) is 2.27. The molecule has 1 aromatic heterocycles. The number of nitrogens with zero attached hydrogens (tertiary/aromatic N) is 2. The van der Waals surface area contributed by atoms with Gasteiger partial charge in [-0.15, -0.1) is 0 Å². The molecular formula is C12H12BrClN4. The number of hydrogen-bond donors (Lipinski definition) is 2. The summed E-state index contributed by atoms with van der Waals surface area (Å²) in [5, 5.41) is 3.88. The molecule has 18 heavy (non-hydrogen) atoms. The number of rotatable bonds is 2. The van der Waals surface area contributed by atoms with Crippen LogP contribution < -0.4 is 11.1 Å². The van der Waals surface area contributed by atoms with E-state index in [1.807, 2.05) is 19.1 Å². The topological polar surface area (TPSA) is 63.8 Å². The van der Waals surface area contributed by atoms with Gasteiger partial charge in [-0.2, -0.15) is 0 Å². The third-order valence-electron chi connectivity index (χ3n) is 2.48. The Hall–Kier alpha value is -1.33. The van der Waals surface area contributed by atoms with Gasteiger partial charge in [0.05, 0.1) is 5.69 Å². The van der Waals surface area contributed by atoms with Gasteiger partial charge in [-0.3, -0.25) is 0 Å². The van der Waals surface area contributed by atoms with Crippen molar-refractivity contribution < 1.29 is 0 Å². The molecule has 0 fully saturated rings. The van der Waals surface area contributed by atoms with Crippen LogP contribution in [-0.4, -0.2) is 9.97 Å². The molecule has 0 unspecified atom stereocenters. The van der Waals surface area contributed by atoms with Gasteiger partial charge in [-0.05, 0) is 48.0 Å². The van der Waals surface area contributed by atoms with Crippen LogP contribution in [0.2, 0.25) is 5.02 Å². The van der Waals surface area contributed by atoms with Gasteiger partial charge >= 0.3 is 0 Å². The van der Waals surface area contributed by atoms with Crippen molar-refractivity contribution in [2.24, 2.45) is 0 Å². The van der Waals surface area contributed by atoms with E-state index in [1.165, 1.54) is 0 Å². The average Bonchev–Trinajstić information content (AvgIpc) is 2.29. The van der Waals surface area contributed by atoms with Crippen LogP contribution in [-0.2, 0) is 0 Å². The highest BCUT2D eigenvalue weighted by Crippen LogP contribution is 2.29. The third-order valence-corrected chi connectivity index (χ3v) is 3.37. The Morgan fingerprint density at radius 1 is 1.28 bits per heavy atom.